The molecule has 0 radical (unpaired) electrons. The molecule has 0 unspecified atom stereocenters. The number of benzene rings is 2. The summed E-state index contributed by atoms with van der Waals surface area (Å²) in [5.41, 5.74) is 3.49. The van der Waals surface area contributed by atoms with Gasteiger partial charge in [0.15, 0.2) is 4.80 Å². The minimum Gasteiger partial charge on any atom is -0.494 e. The van der Waals surface area contributed by atoms with Crippen molar-refractivity contribution in [3.05, 3.63) is 57.9 Å². The normalized spacial score (nSPS) is 11.7. The van der Waals surface area contributed by atoms with Crippen LogP contribution in [-0.4, -0.2) is 30.2 Å². The Morgan fingerprint density at radius 2 is 1.87 bits per heavy atom. The third-order valence-electron chi connectivity index (χ3n) is 4.69. The second kappa shape index (κ2) is 9.71. The number of rotatable bonds is 7. The quantitative estimate of drug-likeness (QED) is 0.414. The molecule has 0 aliphatic heterocycles. The molecule has 0 saturated carbocycles. The highest BCUT2D eigenvalue weighted by atomic mass is 32.1. The van der Waals surface area contributed by atoms with Crippen molar-refractivity contribution in [1.29, 1.82) is 0 Å². The average molecular weight is 427 g/mol. The van der Waals surface area contributed by atoms with E-state index in [9.17, 15) is 9.59 Å². The number of methoxy groups -OCH3 is 1. The number of amides is 1. The zero-order valence-electron chi connectivity index (χ0n) is 17.7. The third kappa shape index (κ3) is 4.97. The lowest BCUT2D eigenvalue weighted by Gasteiger charge is -2.06. The van der Waals surface area contributed by atoms with Crippen LogP contribution in [0.5, 0.6) is 5.75 Å². The maximum atomic E-state index is 12.8. The van der Waals surface area contributed by atoms with E-state index in [1.807, 2.05) is 19.9 Å². The van der Waals surface area contributed by atoms with E-state index in [1.54, 1.807) is 28.8 Å². The monoisotopic (exact) mass is 426 g/mol. The van der Waals surface area contributed by atoms with Gasteiger partial charge in [-0.3, -0.25) is 9.59 Å². The number of unbranched alkanes of at least 4 members (excludes halogenated alkanes) is 1. The summed E-state index contributed by atoms with van der Waals surface area (Å²) < 4.78 is 13.2. The Bertz CT molecular complexity index is 1130. The van der Waals surface area contributed by atoms with E-state index < -0.39 is 5.97 Å². The van der Waals surface area contributed by atoms with Crippen LogP contribution in [0.3, 0.4) is 0 Å². The Kier molecular flexibility index (Phi) is 7.05. The number of hydrogen-bond donors (Lipinski definition) is 0. The molecule has 0 aliphatic carbocycles. The van der Waals surface area contributed by atoms with Crippen LogP contribution in [0, 0.1) is 13.8 Å². The molecule has 158 valence electrons. The highest BCUT2D eigenvalue weighted by Crippen LogP contribution is 2.23. The van der Waals surface area contributed by atoms with Gasteiger partial charge in [-0.2, -0.15) is 4.99 Å². The number of hydrogen-bond acceptors (Lipinski definition) is 5. The number of ether oxygens (including phenoxy) is 2. The summed E-state index contributed by atoms with van der Waals surface area (Å²) >= 11 is 1.39. The number of esters is 1. The largest absolute Gasteiger partial charge is 0.494 e. The molecule has 0 N–H and O–H groups in total. The summed E-state index contributed by atoms with van der Waals surface area (Å²) in [5, 5.41) is 0. The van der Waals surface area contributed by atoms with Crippen molar-refractivity contribution in [2.45, 2.75) is 40.2 Å². The predicted molar refractivity (Wildman–Crippen MR) is 118 cm³/mol. The SMILES string of the molecule is CCCCOc1ccc(C(=O)N=c2sc3c(C)cc(C)cc3n2CC(=O)OC)cc1. The standard InChI is InChI=1S/C23H26N2O4S/c1-5-6-11-29-18-9-7-17(8-10-18)22(27)24-23-25(14-20(26)28-4)19-13-15(2)12-16(3)21(19)30-23/h7-10,12-13H,5-6,11,14H2,1-4H3. The topological polar surface area (TPSA) is 69.9 Å². The van der Waals surface area contributed by atoms with E-state index in [0.29, 0.717) is 17.0 Å². The van der Waals surface area contributed by atoms with Gasteiger partial charge in [-0.1, -0.05) is 30.7 Å². The Labute approximate surface area is 179 Å². The van der Waals surface area contributed by atoms with Crippen molar-refractivity contribution in [2.75, 3.05) is 13.7 Å². The number of carbonyl (C=O) groups is 2. The Balaban J connectivity index is 1.98. The van der Waals surface area contributed by atoms with Gasteiger partial charge in [0.05, 0.1) is 23.9 Å². The van der Waals surface area contributed by atoms with E-state index >= 15 is 0 Å². The third-order valence-corrected chi connectivity index (χ3v) is 5.92. The second-order valence-corrected chi connectivity index (χ2v) is 8.10. The lowest BCUT2D eigenvalue weighted by atomic mass is 10.1. The molecule has 1 heterocycles. The van der Waals surface area contributed by atoms with Crippen molar-refractivity contribution >= 4 is 33.4 Å². The van der Waals surface area contributed by atoms with Crippen molar-refractivity contribution in [3.63, 3.8) is 0 Å². The fraction of sp³-hybridized carbons (Fsp3) is 0.348. The van der Waals surface area contributed by atoms with Crippen LogP contribution >= 0.6 is 11.3 Å². The molecule has 3 rings (SSSR count). The lowest BCUT2D eigenvalue weighted by Crippen LogP contribution is -2.22. The molecular formula is C23H26N2O4S. The van der Waals surface area contributed by atoms with Gasteiger partial charge in [-0.05, 0) is 61.7 Å². The summed E-state index contributed by atoms with van der Waals surface area (Å²) in [4.78, 5) is 29.6. The fourth-order valence-electron chi connectivity index (χ4n) is 3.12. The summed E-state index contributed by atoms with van der Waals surface area (Å²) in [6.07, 6.45) is 2.05. The van der Waals surface area contributed by atoms with Gasteiger partial charge in [0.25, 0.3) is 5.91 Å². The van der Waals surface area contributed by atoms with Gasteiger partial charge in [0.2, 0.25) is 0 Å². The summed E-state index contributed by atoms with van der Waals surface area (Å²) in [7, 11) is 1.35. The smallest absolute Gasteiger partial charge is 0.325 e. The predicted octanol–water partition coefficient (Wildman–Crippen LogP) is 4.41. The molecular weight excluding hydrogens is 400 g/mol. The molecule has 6 nitrogen and oxygen atoms in total. The summed E-state index contributed by atoms with van der Waals surface area (Å²) in [6.45, 7) is 6.77. The molecule has 7 heteroatoms. The Hall–Kier alpha value is -2.93. The molecule has 30 heavy (non-hydrogen) atoms. The van der Waals surface area contributed by atoms with Gasteiger partial charge < -0.3 is 14.0 Å². The first kappa shape index (κ1) is 21.8. The van der Waals surface area contributed by atoms with Crippen LogP contribution in [0.1, 0.15) is 41.3 Å². The minimum absolute atomic E-state index is 0.00425. The van der Waals surface area contributed by atoms with Gasteiger partial charge >= 0.3 is 5.97 Å². The van der Waals surface area contributed by atoms with E-state index in [1.165, 1.54) is 18.4 Å². The fourth-order valence-corrected chi connectivity index (χ4v) is 4.20. The zero-order valence-corrected chi connectivity index (χ0v) is 18.5. The number of fused-ring (bicyclic) bond motifs is 1. The highest BCUT2D eigenvalue weighted by Gasteiger charge is 2.14. The van der Waals surface area contributed by atoms with Crippen molar-refractivity contribution < 1.29 is 19.1 Å². The molecule has 0 aliphatic rings. The molecule has 1 amide bonds. The zero-order chi connectivity index (χ0) is 21.7. The van der Waals surface area contributed by atoms with Crippen LogP contribution < -0.4 is 9.54 Å². The molecule has 2 aromatic carbocycles. The maximum absolute atomic E-state index is 12.8. The molecule has 0 atom stereocenters. The van der Waals surface area contributed by atoms with E-state index in [4.69, 9.17) is 9.47 Å². The maximum Gasteiger partial charge on any atom is 0.325 e. The summed E-state index contributed by atoms with van der Waals surface area (Å²) in [6, 6.07) is 11.0. The second-order valence-electron chi connectivity index (χ2n) is 7.12. The first-order valence-corrected chi connectivity index (χ1v) is 10.7. The highest BCUT2D eigenvalue weighted by molar-refractivity contribution is 7.16. The van der Waals surface area contributed by atoms with Crippen LogP contribution in [-0.2, 0) is 16.1 Å². The molecule has 0 bridgehead atoms. The van der Waals surface area contributed by atoms with Crippen molar-refractivity contribution in [2.24, 2.45) is 4.99 Å². The molecule has 1 aromatic heterocycles. The van der Waals surface area contributed by atoms with Gasteiger partial charge in [-0.15, -0.1) is 0 Å². The van der Waals surface area contributed by atoms with Crippen LogP contribution in [0.25, 0.3) is 10.2 Å². The number of nitrogens with zero attached hydrogens (tertiary/aromatic N) is 2. The molecule has 3 aromatic rings. The minimum atomic E-state index is -0.392. The van der Waals surface area contributed by atoms with Gasteiger partial charge in [-0.25, -0.2) is 0 Å². The van der Waals surface area contributed by atoms with Gasteiger partial charge in [0, 0.05) is 5.56 Å². The average Bonchev–Trinajstić information content (AvgIpc) is 3.06. The number of aryl methyl sites for hydroxylation is 2. The van der Waals surface area contributed by atoms with Crippen LogP contribution in [0.4, 0.5) is 0 Å². The Morgan fingerprint density at radius 3 is 2.53 bits per heavy atom. The molecule has 0 spiro atoms. The first-order chi connectivity index (χ1) is 14.4. The molecule has 0 fully saturated rings. The van der Waals surface area contributed by atoms with Crippen LogP contribution in [0.15, 0.2) is 41.4 Å². The number of aromatic nitrogens is 1. The van der Waals surface area contributed by atoms with Crippen molar-refractivity contribution in [3.8, 4) is 5.75 Å². The first-order valence-electron chi connectivity index (χ1n) is 9.92. The van der Waals surface area contributed by atoms with Crippen molar-refractivity contribution in [1.82, 2.24) is 4.57 Å². The lowest BCUT2D eigenvalue weighted by molar-refractivity contribution is -0.141. The summed E-state index contributed by atoms with van der Waals surface area (Å²) in [5.74, 6) is -0.0280. The van der Waals surface area contributed by atoms with E-state index in [2.05, 4.69) is 18.0 Å². The number of thiazole rings is 1. The van der Waals surface area contributed by atoms with E-state index in [-0.39, 0.29) is 12.5 Å². The number of carbonyl (C=O) groups excluding carboxylic acids is 2. The van der Waals surface area contributed by atoms with E-state index in [0.717, 1.165) is 39.9 Å². The van der Waals surface area contributed by atoms with Gasteiger partial charge in [0.1, 0.15) is 12.3 Å². The molecule has 0 saturated heterocycles. The Morgan fingerprint density at radius 1 is 1.13 bits per heavy atom. The van der Waals surface area contributed by atoms with Crippen LogP contribution in [0.2, 0.25) is 0 Å².